The first-order valence-electron chi connectivity index (χ1n) is 6.32. The van der Waals surface area contributed by atoms with Gasteiger partial charge in [0.15, 0.2) is 0 Å². The summed E-state index contributed by atoms with van der Waals surface area (Å²) in [6, 6.07) is 6.03. The molecule has 102 valence electrons. The summed E-state index contributed by atoms with van der Waals surface area (Å²) in [6.07, 6.45) is 0.838. The topological polar surface area (TPSA) is 38.9 Å². The lowest BCUT2D eigenvalue weighted by Gasteiger charge is -2.14. The zero-order chi connectivity index (χ0) is 14.0. The van der Waals surface area contributed by atoms with Crippen molar-refractivity contribution in [2.24, 2.45) is 5.73 Å². The fraction of sp³-hybridized carbons (Fsp3) is 0.400. The Hall–Kier alpha value is -0.900. The van der Waals surface area contributed by atoms with Gasteiger partial charge >= 0.3 is 0 Å². The van der Waals surface area contributed by atoms with Gasteiger partial charge in [-0.15, -0.1) is 11.3 Å². The van der Waals surface area contributed by atoms with Crippen LogP contribution in [0.15, 0.2) is 23.6 Å². The van der Waals surface area contributed by atoms with Crippen LogP contribution in [-0.2, 0) is 18.4 Å². The van der Waals surface area contributed by atoms with Gasteiger partial charge in [-0.1, -0.05) is 44.5 Å². The van der Waals surface area contributed by atoms with Crippen LogP contribution in [0.25, 0.3) is 0 Å². The highest BCUT2D eigenvalue weighted by molar-refractivity contribution is 7.09. The van der Waals surface area contributed by atoms with E-state index < -0.39 is 0 Å². The number of aromatic nitrogens is 1. The third kappa shape index (κ3) is 3.56. The summed E-state index contributed by atoms with van der Waals surface area (Å²) in [7, 11) is 0. The molecule has 2 aromatic rings. The van der Waals surface area contributed by atoms with Gasteiger partial charge in [-0.05, 0) is 17.2 Å². The van der Waals surface area contributed by atoms with E-state index in [0.717, 1.165) is 27.7 Å². The minimum absolute atomic E-state index is 0.108. The molecule has 2 N–H and O–H groups in total. The molecule has 2 nitrogen and oxygen atoms in total. The van der Waals surface area contributed by atoms with E-state index in [1.165, 1.54) is 5.56 Å². The Bertz CT molecular complexity index is 570. The molecule has 0 radical (unpaired) electrons. The van der Waals surface area contributed by atoms with Crippen LogP contribution in [0, 0.1) is 0 Å². The maximum atomic E-state index is 6.07. The van der Waals surface area contributed by atoms with Crippen molar-refractivity contribution in [3.8, 4) is 0 Å². The number of nitrogens with zero attached hydrogens (tertiary/aromatic N) is 1. The minimum atomic E-state index is 0.108. The molecule has 0 aliphatic carbocycles. The van der Waals surface area contributed by atoms with E-state index in [0.29, 0.717) is 6.54 Å². The smallest absolute Gasteiger partial charge is 0.0972 e. The minimum Gasteiger partial charge on any atom is -0.326 e. The van der Waals surface area contributed by atoms with Gasteiger partial charge in [-0.3, -0.25) is 0 Å². The summed E-state index contributed by atoms with van der Waals surface area (Å²) in [6.45, 7) is 7.01. The second-order valence-corrected chi connectivity index (χ2v) is 7.03. The Morgan fingerprint density at radius 3 is 2.63 bits per heavy atom. The zero-order valence-electron chi connectivity index (χ0n) is 11.5. The van der Waals surface area contributed by atoms with Crippen LogP contribution in [-0.4, -0.2) is 4.98 Å². The number of rotatable bonds is 3. The molecule has 0 aliphatic rings. The summed E-state index contributed by atoms with van der Waals surface area (Å²) in [5.74, 6) is 0. The normalized spacial score (nSPS) is 11.8. The van der Waals surface area contributed by atoms with Crippen molar-refractivity contribution in [2.45, 2.75) is 39.2 Å². The fourth-order valence-corrected chi connectivity index (χ4v) is 3.06. The van der Waals surface area contributed by atoms with Gasteiger partial charge in [0.1, 0.15) is 0 Å². The quantitative estimate of drug-likeness (QED) is 0.924. The van der Waals surface area contributed by atoms with E-state index in [2.05, 4.69) is 32.2 Å². The summed E-state index contributed by atoms with van der Waals surface area (Å²) in [5.41, 5.74) is 9.14. The van der Waals surface area contributed by atoms with Crippen LogP contribution in [0.4, 0.5) is 0 Å². The SMILES string of the molecule is CC(C)(C)c1csc(Cc2ccc(Cl)c(CN)c2)n1. The van der Waals surface area contributed by atoms with Gasteiger partial charge in [-0.25, -0.2) is 4.98 Å². The van der Waals surface area contributed by atoms with Crippen molar-refractivity contribution in [3.63, 3.8) is 0 Å². The predicted octanol–water partition coefficient (Wildman–Crippen LogP) is 4.14. The van der Waals surface area contributed by atoms with Crippen molar-refractivity contribution in [1.29, 1.82) is 0 Å². The van der Waals surface area contributed by atoms with Crippen LogP contribution in [0.3, 0.4) is 0 Å². The van der Waals surface area contributed by atoms with Crippen molar-refractivity contribution < 1.29 is 0 Å². The van der Waals surface area contributed by atoms with E-state index in [1.807, 2.05) is 12.1 Å². The first kappa shape index (κ1) is 14.5. The average Bonchev–Trinajstić information content (AvgIpc) is 2.80. The highest BCUT2D eigenvalue weighted by Gasteiger charge is 2.17. The Morgan fingerprint density at radius 2 is 2.05 bits per heavy atom. The second-order valence-electron chi connectivity index (χ2n) is 5.68. The van der Waals surface area contributed by atoms with E-state index in [9.17, 15) is 0 Å². The fourth-order valence-electron chi connectivity index (χ4n) is 1.81. The summed E-state index contributed by atoms with van der Waals surface area (Å²) < 4.78 is 0. The molecule has 0 spiro atoms. The van der Waals surface area contributed by atoms with E-state index in [-0.39, 0.29) is 5.41 Å². The molecule has 0 fully saturated rings. The standard InChI is InChI=1S/C15H19ClN2S/c1-15(2,3)13-9-19-14(18-13)7-10-4-5-12(16)11(6-10)8-17/h4-6,9H,7-8,17H2,1-3H3. The molecule has 4 heteroatoms. The number of halogens is 1. The molecule has 0 aliphatic heterocycles. The molecular formula is C15H19ClN2S. The van der Waals surface area contributed by atoms with Crippen LogP contribution in [0.2, 0.25) is 5.02 Å². The summed E-state index contributed by atoms with van der Waals surface area (Å²) in [5, 5.41) is 4.02. The Balaban J connectivity index is 2.19. The Kier molecular flexibility index (Phi) is 4.29. The van der Waals surface area contributed by atoms with Crippen LogP contribution < -0.4 is 5.73 Å². The van der Waals surface area contributed by atoms with Crippen molar-refractivity contribution in [2.75, 3.05) is 0 Å². The van der Waals surface area contributed by atoms with Gasteiger partial charge < -0.3 is 5.73 Å². The predicted molar refractivity (Wildman–Crippen MR) is 83.0 cm³/mol. The van der Waals surface area contributed by atoms with Gasteiger partial charge in [0.25, 0.3) is 0 Å². The molecule has 0 saturated carbocycles. The Morgan fingerprint density at radius 1 is 1.32 bits per heavy atom. The summed E-state index contributed by atoms with van der Waals surface area (Å²) >= 11 is 7.78. The van der Waals surface area contributed by atoms with Crippen LogP contribution >= 0.6 is 22.9 Å². The third-order valence-corrected chi connectivity index (χ3v) is 4.22. The third-order valence-electron chi connectivity index (χ3n) is 3.01. The number of nitrogens with two attached hydrogens (primary N) is 1. The van der Waals surface area contributed by atoms with E-state index >= 15 is 0 Å². The number of hydrogen-bond acceptors (Lipinski definition) is 3. The average molecular weight is 295 g/mol. The van der Waals surface area contributed by atoms with E-state index in [4.69, 9.17) is 22.3 Å². The highest BCUT2D eigenvalue weighted by Crippen LogP contribution is 2.26. The first-order chi connectivity index (χ1) is 8.90. The molecule has 1 heterocycles. The molecule has 1 aromatic heterocycles. The molecular weight excluding hydrogens is 276 g/mol. The molecule has 1 aromatic carbocycles. The second kappa shape index (κ2) is 5.61. The van der Waals surface area contributed by atoms with Gasteiger partial charge in [0.2, 0.25) is 0 Å². The number of thiazole rings is 1. The van der Waals surface area contributed by atoms with Crippen molar-refractivity contribution in [3.05, 3.63) is 50.4 Å². The van der Waals surface area contributed by atoms with Crippen molar-refractivity contribution >= 4 is 22.9 Å². The van der Waals surface area contributed by atoms with E-state index in [1.54, 1.807) is 11.3 Å². The summed E-state index contributed by atoms with van der Waals surface area (Å²) in [4.78, 5) is 4.71. The van der Waals surface area contributed by atoms with Gasteiger partial charge in [0.05, 0.1) is 10.7 Å². The number of benzene rings is 1. The molecule has 0 saturated heterocycles. The zero-order valence-corrected chi connectivity index (χ0v) is 13.1. The molecule has 2 rings (SSSR count). The first-order valence-corrected chi connectivity index (χ1v) is 7.58. The lowest BCUT2D eigenvalue weighted by Crippen LogP contribution is -2.11. The van der Waals surface area contributed by atoms with Gasteiger partial charge in [-0.2, -0.15) is 0 Å². The van der Waals surface area contributed by atoms with Crippen molar-refractivity contribution in [1.82, 2.24) is 4.98 Å². The lowest BCUT2D eigenvalue weighted by atomic mass is 9.93. The van der Waals surface area contributed by atoms with Gasteiger partial charge in [0, 0.05) is 28.8 Å². The molecule has 0 amide bonds. The molecule has 0 unspecified atom stereocenters. The Labute approximate surface area is 123 Å². The number of hydrogen-bond donors (Lipinski definition) is 1. The maximum Gasteiger partial charge on any atom is 0.0972 e. The molecule has 19 heavy (non-hydrogen) atoms. The lowest BCUT2D eigenvalue weighted by molar-refractivity contribution is 0.571. The van der Waals surface area contributed by atoms with Crippen LogP contribution in [0.5, 0.6) is 0 Å². The monoisotopic (exact) mass is 294 g/mol. The highest BCUT2D eigenvalue weighted by atomic mass is 35.5. The molecule has 0 bridgehead atoms. The largest absolute Gasteiger partial charge is 0.326 e. The maximum absolute atomic E-state index is 6.07. The molecule has 0 atom stereocenters. The van der Waals surface area contributed by atoms with Crippen LogP contribution in [0.1, 0.15) is 42.6 Å².